The van der Waals surface area contributed by atoms with Gasteiger partial charge in [0.1, 0.15) is 28.5 Å². The normalized spacial score (nSPS) is 11.4. The molecular weight excluding hydrogens is 1600 g/mol. The number of aromatic nitrogens is 11. The van der Waals surface area contributed by atoms with Crippen molar-refractivity contribution in [2.75, 3.05) is 34.7 Å². The van der Waals surface area contributed by atoms with Gasteiger partial charge in [0.15, 0.2) is 9.84 Å². The molecule has 0 radical (unpaired) electrons. The van der Waals surface area contributed by atoms with Gasteiger partial charge in [-0.15, -0.1) is 13.2 Å². The first-order valence-electron chi connectivity index (χ1n) is 35.9. The molecule has 0 fully saturated rings. The smallest absolute Gasteiger partial charge is 0.481 e. The number of benzene rings is 5. The summed E-state index contributed by atoms with van der Waals surface area (Å²) in [5, 5.41) is 44.9. The minimum Gasteiger partial charge on any atom is -0.481 e. The number of halogens is 6. The number of ether oxygens (including phenoxy) is 5. The van der Waals surface area contributed by atoms with Crippen molar-refractivity contribution < 1.29 is 70.1 Å². The van der Waals surface area contributed by atoms with Gasteiger partial charge in [-0.25, -0.2) is 47.7 Å². The van der Waals surface area contributed by atoms with Gasteiger partial charge in [-0.1, -0.05) is 76.1 Å². The van der Waals surface area contributed by atoms with Crippen LogP contribution in [0.25, 0.3) is 88.5 Å². The summed E-state index contributed by atoms with van der Waals surface area (Å²) in [6.07, 6.45) is 8.29. The molecule has 0 aliphatic rings. The maximum atomic E-state index is 13.6. The van der Waals surface area contributed by atoms with E-state index in [0.717, 1.165) is 110 Å². The highest BCUT2D eigenvalue weighted by atomic mass is 79.9. The van der Waals surface area contributed by atoms with Crippen LogP contribution in [0.2, 0.25) is 5.02 Å². The molecule has 4 N–H and O–H groups in total. The molecule has 29 heteroatoms. The number of rotatable bonds is 22. The lowest BCUT2D eigenvalue weighted by Gasteiger charge is -2.13. The molecule has 116 heavy (non-hydrogen) atoms. The lowest BCUT2D eigenvalue weighted by atomic mass is 10.0. The molecule has 11 heterocycles. The van der Waals surface area contributed by atoms with Crippen LogP contribution in [0.5, 0.6) is 29.3 Å². The van der Waals surface area contributed by atoms with E-state index in [1.165, 1.54) is 43.7 Å². The zero-order valence-electron chi connectivity index (χ0n) is 63.0. The molecule has 592 valence electrons. The highest BCUT2D eigenvalue weighted by Crippen LogP contribution is 2.41. The average molecular weight is 1670 g/mol. The number of hydrogen-bond donors (Lipinski definition) is 4. The SMILES string of the molecule is COc1ccc(-c2c(CO)n(Cc3cccc(Br)c3)c3ccc(S(C)(=O)=O)cc23)cn1.COc1ccc(-c2c(CO)n(Cc3cccc(Cl)c3)c3ncccc23)cn1.COc1ccc(-c2c(CO)n(Cc3cccc(F)c3)c3ncccc23)cn1.COc1ccc(-c2c(CO)n(Cc3cccc(OC(F)(F)F)c3)c3ncccc23)cn1. The summed E-state index contributed by atoms with van der Waals surface area (Å²) in [6, 6.07) is 58.8. The van der Waals surface area contributed by atoms with E-state index in [1.54, 1.807) is 124 Å². The van der Waals surface area contributed by atoms with E-state index in [1.807, 2.05) is 129 Å². The molecule has 0 saturated heterocycles. The van der Waals surface area contributed by atoms with E-state index in [9.17, 15) is 46.4 Å². The topological polar surface area (TPSA) is 271 Å². The van der Waals surface area contributed by atoms with Gasteiger partial charge in [-0.2, -0.15) is 0 Å². The van der Waals surface area contributed by atoms with Crippen LogP contribution in [0.15, 0.2) is 253 Å². The highest BCUT2D eigenvalue weighted by molar-refractivity contribution is 9.10. The fraction of sp³-hybridized carbons (Fsp3) is 0.161. The Labute approximate surface area is 676 Å². The van der Waals surface area contributed by atoms with Crippen LogP contribution in [0.3, 0.4) is 0 Å². The molecule has 0 aliphatic carbocycles. The summed E-state index contributed by atoms with van der Waals surface area (Å²) in [7, 11) is 2.82. The van der Waals surface area contributed by atoms with Crippen molar-refractivity contribution in [1.82, 2.24) is 53.2 Å². The fourth-order valence-electron chi connectivity index (χ4n) is 14.0. The predicted octanol–water partition coefficient (Wildman–Crippen LogP) is 17.1. The largest absolute Gasteiger partial charge is 0.573 e. The van der Waals surface area contributed by atoms with Crippen molar-refractivity contribution in [3.8, 4) is 73.8 Å². The van der Waals surface area contributed by atoms with Crippen LogP contribution in [-0.2, 0) is 62.4 Å². The molecule has 0 bridgehead atoms. The summed E-state index contributed by atoms with van der Waals surface area (Å²) in [5.74, 6) is 1.40. The second kappa shape index (κ2) is 36.4. The lowest BCUT2D eigenvalue weighted by Crippen LogP contribution is -2.17. The van der Waals surface area contributed by atoms with Crippen LogP contribution >= 0.6 is 27.5 Å². The van der Waals surface area contributed by atoms with Gasteiger partial charge in [0.2, 0.25) is 23.5 Å². The molecule has 22 nitrogen and oxygen atoms in total. The molecule has 0 amide bonds. The number of aliphatic hydroxyl groups excluding tert-OH is 4. The number of alkyl halides is 3. The maximum Gasteiger partial charge on any atom is 0.573 e. The molecule has 11 aromatic heterocycles. The van der Waals surface area contributed by atoms with Crippen molar-refractivity contribution in [2.24, 2.45) is 0 Å². The third-order valence-corrected chi connectivity index (χ3v) is 20.9. The first kappa shape index (κ1) is 81.6. The number of nitrogens with zero attached hydrogens (tertiary/aromatic N) is 11. The van der Waals surface area contributed by atoms with Crippen molar-refractivity contribution in [1.29, 1.82) is 0 Å². The summed E-state index contributed by atoms with van der Waals surface area (Å²) in [4.78, 5) is 30.9. The van der Waals surface area contributed by atoms with Gasteiger partial charge < -0.3 is 62.4 Å². The quantitative estimate of drug-likeness (QED) is 0.0459. The Bertz CT molecular complexity index is 6100. The fourth-order valence-corrected chi connectivity index (χ4v) is 15.3. The van der Waals surface area contributed by atoms with E-state index in [2.05, 4.69) is 55.6 Å². The Hall–Kier alpha value is -12.4. The second-order valence-electron chi connectivity index (χ2n) is 26.3. The molecule has 16 rings (SSSR count). The summed E-state index contributed by atoms with van der Waals surface area (Å²) >= 11 is 9.64. The van der Waals surface area contributed by atoms with E-state index < -0.39 is 16.2 Å². The predicted molar refractivity (Wildman–Crippen MR) is 439 cm³/mol. The zero-order chi connectivity index (χ0) is 81.8. The molecule has 5 aromatic carbocycles. The average Bonchev–Trinajstić information content (AvgIpc) is 1.67. The standard InChI is InChI=1S/C23H21BrN2O4S.C22H18F3N3O3.C21H18ClN3O2.C21H18FN3O2/c1-30-22-9-6-16(12-25-22)23-19-11-18(31(2,28)29)7-8-20(19)26(21(23)14-27)13-15-4-3-5-17(24)10-15;1-30-19-8-7-15(11-27-19)20-17-6-3-9-26-21(17)28(18(20)13-29)12-14-4-2-5-16(10-14)31-22(23,24)25;2*1-27-19-8-7-15(11-24-19)20-17-6-3-9-23-21(17)25(18(20)13-26)12-14-4-2-5-16(22)10-14/h3-12,27H,13-14H2,1-2H3;2-11,29H,12-13H2,1H3;2*2-11,26H,12-13H2,1H3. The number of sulfone groups is 1. The Morgan fingerprint density at radius 2 is 0.784 bits per heavy atom. The Kier molecular flexibility index (Phi) is 25.6. The van der Waals surface area contributed by atoms with Crippen LogP contribution in [0.4, 0.5) is 17.6 Å². The molecule has 0 aliphatic heterocycles. The number of hydrogen-bond acceptors (Lipinski definition) is 18. The third kappa shape index (κ3) is 18.4. The van der Waals surface area contributed by atoms with Gasteiger partial charge in [0.25, 0.3) is 0 Å². The second-order valence-corrected chi connectivity index (χ2v) is 29.6. The van der Waals surface area contributed by atoms with Crippen LogP contribution in [0.1, 0.15) is 45.0 Å². The molecule has 0 saturated carbocycles. The van der Waals surface area contributed by atoms with E-state index >= 15 is 0 Å². The third-order valence-electron chi connectivity index (χ3n) is 19.0. The minimum atomic E-state index is -4.77. The summed E-state index contributed by atoms with van der Waals surface area (Å²) < 4.78 is 109. The number of fused-ring (bicyclic) bond motifs is 4. The van der Waals surface area contributed by atoms with Crippen molar-refractivity contribution >= 4 is 81.4 Å². The number of methoxy groups -OCH3 is 4. The molecule has 0 atom stereocenters. The molecule has 0 spiro atoms. The maximum absolute atomic E-state index is 13.6. The highest BCUT2D eigenvalue weighted by Gasteiger charge is 2.32. The van der Waals surface area contributed by atoms with Crippen LogP contribution in [0, 0.1) is 5.82 Å². The Morgan fingerprint density at radius 1 is 0.414 bits per heavy atom. The van der Waals surface area contributed by atoms with Gasteiger partial charge in [0, 0.05) is 181 Å². The van der Waals surface area contributed by atoms with E-state index in [0.29, 0.717) is 76.5 Å². The lowest BCUT2D eigenvalue weighted by molar-refractivity contribution is -0.274. The Balaban J connectivity index is 0.000000135. The summed E-state index contributed by atoms with van der Waals surface area (Å²) in [5.41, 5.74) is 15.8. The van der Waals surface area contributed by atoms with Crippen molar-refractivity contribution in [2.45, 2.75) is 63.9 Å². The molecule has 16 aromatic rings. The minimum absolute atomic E-state index is 0.113. The first-order valence-corrected chi connectivity index (χ1v) is 39.0. The molecule has 0 unspecified atom stereocenters. The van der Waals surface area contributed by atoms with Crippen LogP contribution < -0.4 is 23.7 Å². The van der Waals surface area contributed by atoms with Gasteiger partial charge in [-0.05, 0) is 150 Å². The Morgan fingerprint density at radius 3 is 1.16 bits per heavy atom. The van der Waals surface area contributed by atoms with Gasteiger partial charge in [0.05, 0.1) is 82.5 Å². The monoisotopic (exact) mass is 1670 g/mol. The first-order chi connectivity index (χ1) is 56.1. The van der Waals surface area contributed by atoms with E-state index in [-0.39, 0.29) is 49.4 Å². The van der Waals surface area contributed by atoms with Crippen molar-refractivity contribution in [3.63, 3.8) is 0 Å². The van der Waals surface area contributed by atoms with Gasteiger partial charge >= 0.3 is 6.36 Å². The number of pyridine rings is 7. The van der Waals surface area contributed by atoms with Gasteiger partial charge in [-0.3, -0.25) is 0 Å². The summed E-state index contributed by atoms with van der Waals surface area (Å²) in [6.45, 7) is 0.897. The van der Waals surface area contributed by atoms with Crippen molar-refractivity contribution in [3.05, 3.63) is 304 Å². The number of aliphatic hydroxyl groups is 4. The molecular formula is C87H75BrClF4N11O11S. The van der Waals surface area contributed by atoms with Crippen LogP contribution in [-0.4, -0.2) is 123 Å². The zero-order valence-corrected chi connectivity index (χ0v) is 66.2. The van der Waals surface area contributed by atoms with E-state index in [4.69, 9.17) is 30.5 Å².